The zero-order valence-corrected chi connectivity index (χ0v) is 21.3. The maximum absolute atomic E-state index is 11.7. The van der Waals surface area contributed by atoms with Crippen LogP contribution in [0, 0.1) is 0 Å². The van der Waals surface area contributed by atoms with Crippen molar-refractivity contribution in [2.75, 3.05) is 23.4 Å². The number of sulfone groups is 1. The second kappa shape index (κ2) is 11.8. The minimum absolute atomic E-state index is 0.216. The second-order valence-electron chi connectivity index (χ2n) is 8.05. The molecule has 12 heteroatoms. The van der Waals surface area contributed by atoms with E-state index in [9.17, 15) is 27.9 Å². The Bertz CT molecular complexity index is 1350. The van der Waals surface area contributed by atoms with Gasteiger partial charge in [0.25, 0.3) is 0 Å². The van der Waals surface area contributed by atoms with E-state index in [1.54, 1.807) is 36.4 Å². The van der Waals surface area contributed by atoms with Gasteiger partial charge in [-0.05, 0) is 48.2 Å². The molecule has 0 aliphatic carbocycles. The molecule has 3 amide bonds. The summed E-state index contributed by atoms with van der Waals surface area (Å²) >= 11 is 1.38. The summed E-state index contributed by atoms with van der Waals surface area (Å²) in [6, 6.07) is 13.9. The van der Waals surface area contributed by atoms with Gasteiger partial charge in [-0.1, -0.05) is 24.3 Å². The maximum Gasteiger partial charge on any atom is 0.243 e. The number of hydrogen-bond acceptors (Lipinski definition) is 8. The van der Waals surface area contributed by atoms with Gasteiger partial charge in [-0.3, -0.25) is 9.59 Å². The Kier molecular flexibility index (Phi) is 8.78. The third kappa shape index (κ3) is 8.17. The Morgan fingerprint density at radius 2 is 1.58 bits per heavy atom. The molecule has 10 nitrogen and oxygen atoms in total. The fraction of sp³-hybridized carbons (Fsp3) is 0.250. The number of rotatable bonds is 10. The van der Waals surface area contributed by atoms with E-state index in [1.807, 2.05) is 17.4 Å². The van der Waals surface area contributed by atoms with Crippen LogP contribution in [0.5, 0.6) is 0 Å². The smallest absolute Gasteiger partial charge is 0.243 e. The molecule has 2 aromatic carbocycles. The highest BCUT2D eigenvalue weighted by atomic mass is 32.2. The molecule has 1 heterocycles. The number of carbonyl (C=O) groups is 3. The van der Waals surface area contributed by atoms with Gasteiger partial charge in [0, 0.05) is 30.2 Å². The molecule has 0 unspecified atom stereocenters. The summed E-state index contributed by atoms with van der Waals surface area (Å²) in [4.78, 5) is 39.4. The molecule has 0 saturated carbocycles. The number of thiazole rings is 1. The summed E-state index contributed by atoms with van der Waals surface area (Å²) < 4.78 is 23.4. The molecule has 190 valence electrons. The van der Waals surface area contributed by atoms with E-state index in [0.29, 0.717) is 30.1 Å². The molecule has 0 aliphatic rings. The van der Waals surface area contributed by atoms with Gasteiger partial charge in [0.1, 0.15) is 6.09 Å². The molecular formula is C24H25N4O6S2-. The van der Waals surface area contributed by atoms with Crippen LogP contribution >= 0.6 is 11.3 Å². The fourth-order valence-electron chi connectivity index (χ4n) is 3.34. The van der Waals surface area contributed by atoms with Crippen molar-refractivity contribution in [1.82, 2.24) is 10.3 Å². The topological polar surface area (TPSA) is 157 Å². The van der Waals surface area contributed by atoms with Gasteiger partial charge in [0.05, 0.1) is 17.1 Å². The molecule has 3 N–H and O–H groups in total. The third-order valence-electron chi connectivity index (χ3n) is 5.06. The molecule has 1 aromatic heterocycles. The Labute approximate surface area is 212 Å². The highest BCUT2D eigenvalue weighted by molar-refractivity contribution is 7.90. The zero-order chi connectivity index (χ0) is 26.3. The van der Waals surface area contributed by atoms with Crippen LogP contribution in [0.3, 0.4) is 0 Å². The number of nitrogens with zero attached hydrogens (tertiary/aromatic N) is 1. The minimum atomic E-state index is -3.28. The van der Waals surface area contributed by atoms with Crippen LogP contribution in [0.2, 0.25) is 0 Å². The number of carboxylic acid groups (broad SMARTS) is 1. The summed E-state index contributed by atoms with van der Waals surface area (Å²) in [6.45, 7) is 1.02. The van der Waals surface area contributed by atoms with Crippen LogP contribution in [0.4, 0.5) is 15.6 Å². The third-order valence-corrected chi connectivity index (χ3v) is 7.20. The van der Waals surface area contributed by atoms with E-state index in [4.69, 9.17) is 0 Å². The van der Waals surface area contributed by atoms with Crippen LogP contribution < -0.4 is 21.1 Å². The summed E-state index contributed by atoms with van der Waals surface area (Å²) in [6.07, 6.45) is 1.45. The van der Waals surface area contributed by atoms with Crippen molar-refractivity contribution in [1.29, 1.82) is 0 Å². The Hall–Kier alpha value is -3.77. The molecule has 0 fully saturated rings. The van der Waals surface area contributed by atoms with Crippen molar-refractivity contribution in [3.05, 3.63) is 70.2 Å². The van der Waals surface area contributed by atoms with Crippen molar-refractivity contribution in [3.63, 3.8) is 0 Å². The minimum Gasteiger partial charge on any atom is -0.530 e. The number of benzene rings is 2. The van der Waals surface area contributed by atoms with Gasteiger partial charge in [-0.15, -0.1) is 11.3 Å². The van der Waals surface area contributed by atoms with Crippen LogP contribution in [0.1, 0.15) is 28.6 Å². The second-order valence-corrected chi connectivity index (χ2v) is 11.1. The Balaban J connectivity index is 1.68. The first kappa shape index (κ1) is 26.8. The quantitative estimate of drug-likeness (QED) is 0.361. The van der Waals surface area contributed by atoms with E-state index in [-0.39, 0.29) is 10.8 Å². The average Bonchev–Trinajstić information content (AvgIpc) is 3.17. The molecule has 0 aliphatic heterocycles. The van der Waals surface area contributed by atoms with Crippen molar-refractivity contribution in [2.24, 2.45) is 0 Å². The number of amides is 3. The van der Waals surface area contributed by atoms with Gasteiger partial charge in [-0.25, -0.2) is 13.4 Å². The highest BCUT2D eigenvalue weighted by Crippen LogP contribution is 2.27. The SMILES string of the molecule is CC(=O)Nc1nc(CCc2ccc(NC(=O)CNC(=O)[O-])cc2)c(Cc2ccc(S(C)(=O)=O)cc2)s1. The van der Waals surface area contributed by atoms with E-state index in [0.717, 1.165) is 28.0 Å². The van der Waals surface area contributed by atoms with Crippen LogP contribution in [-0.2, 0) is 38.7 Å². The first-order valence-electron chi connectivity index (χ1n) is 10.9. The van der Waals surface area contributed by atoms with Gasteiger partial charge >= 0.3 is 0 Å². The van der Waals surface area contributed by atoms with Crippen LogP contribution in [-0.4, -0.2) is 44.1 Å². The summed E-state index contributed by atoms with van der Waals surface area (Å²) in [7, 11) is -3.28. The van der Waals surface area contributed by atoms with Gasteiger partial charge < -0.3 is 25.9 Å². The number of aromatic nitrogens is 1. The molecule has 3 aromatic rings. The average molecular weight is 530 g/mol. The molecule has 0 saturated heterocycles. The first-order chi connectivity index (χ1) is 17.0. The Morgan fingerprint density at radius 1 is 0.944 bits per heavy atom. The highest BCUT2D eigenvalue weighted by Gasteiger charge is 2.14. The molecule has 0 atom stereocenters. The first-order valence-corrected chi connectivity index (χ1v) is 13.6. The molecule has 0 spiro atoms. The zero-order valence-electron chi connectivity index (χ0n) is 19.7. The molecule has 3 rings (SSSR count). The predicted octanol–water partition coefficient (Wildman–Crippen LogP) is 1.75. The monoisotopic (exact) mass is 529 g/mol. The molecule has 36 heavy (non-hydrogen) atoms. The molecule has 0 bridgehead atoms. The lowest BCUT2D eigenvalue weighted by Crippen LogP contribution is -2.41. The summed E-state index contributed by atoms with van der Waals surface area (Å²) in [5.74, 6) is -0.721. The van der Waals surface area contributed by atoms with Gasteiger partial charge in [0.15, 0.2) is 15.0 Å². The Morgan fingerprint density at radius 3 is 2.17 bits per heavy atom. The standard InChI is InChI=1S/C24H26N4O6S2/c1-15(29)26-23-28-20(21(35-23)13-17-5-10-19(11-6-17)36(2,33)34)12-7-16-3-8-18(9-4-16)27-22(30)14-25-24(31)32/h3-6,8-11,25H,7,12-14H2,1-2H3,(H,27,30)(H,31,32)(H,26,28,29)/p-1. The van der Waals surface area contributed by atoms with Gasteiger partial charge in [-0.2, -0.15) is 0 Å². The van der Waals surface area contributed by atoms with Crippen molar-refractivity contribution in [2.45, 2.75) is 31.1 Å². The number of anilines is 2. The largest absolute Gasteiger partial charge is 0.530 e. The summed E-state index contributed by atoms with van der Waals surface area (Å²) in [5.41, 5.74) is 3.29. The fourth-order valence-corrected chi connectivity index (χ4v) is 5.05. The molecular weight excluding hydrogens is 504 g/mol. The number of carbonyl (C=O) groups excluding carboxylic acids is 3. The normalized spacial score (nSPS) is 11.1. The molecule has 0 radical (unpaired) electrons. The lowest BCUT2D eigenvalue weighted by Gasteiger charge is -2.09. The van der Waals surface area contributed by atoms with Crippen molar-refractivity contribution >= 4 is 49.9 Å². The van der Waals surface area contributed by atoms with E-state index in [2.05, 4.69) is 15.6 Å². The number of nitrogens with one attached hydrogen (secondary N) is 3. The number of hydrogen-bond donors (Lipinski definition) is 3. The number of aryl methyl sites for hydroxylation is 2. The van der Waals surface area contributed by atoms with Crippen LogP contribution in [0.25, 0.3) is 0 Å². The summed E-state index contributed by atoms with van der Waals surface area (Å²) in [5, 5.41) is 18.1. The van der Waals surface area contributed by atoms with Crippen molar-refractivity contribution in [3.8, 4) is 0 Å². The van der Waals surface area contributed by atoms with E-state index < -0.39 is 28.4 Å². The maximum atomic E-state index is 11.7. The van der Waals surface area contributed by atoms with Crippen LogP contribution in [0.15, 0.2) is 53.4 Å². The van der Waals surface area contributed by atoms with Gasteiger partial charge in [0.2, 0.25) is 11.8 Å². The lowest BCUT2D eigenvalue weighted by atomic mass is 10.0. The predicted molar refractivity (Wildman–Crippen MR) is 135 cm³/mol. The van der Waals surface area contributed by atoms with E-state index in [1.165, 1.54) is 18.3 Å². The van der Waals surface area contributed by atoms with E-state index >= 15 is 0 Å². The van der Waals surface area contributed by atoms with Crippen molar-refractivity contribution < 1.29 is 27.9 Å². The lowest BCUT2D eigenvalue weighted by molar-refractivity contribution is -0.250.